The third-order valence-corrected chi connectivity index (χ3v) is 1.86. The molecule has 1 N–H and O–H groups in total. The number of nitro groups is 1. The number of hydrogen-bond donors (Lipinski definition) is 1. The van der Waals surface area contributed by atoms with E-state index in [2.05, 4.69) is 9.72 Å². The summed E-state index contributed by atoms with van der Waals surface area (Å²) in [6.45, 7) is 0. The van der Waals surface area contributed by atoms with Gasteiger partial charge in [-0.1, -0.05) is 0 Å². The summed E-state index contributed by atoms with van der Waals surface area (Å²) in [5.41, 5.74) is -1.80. The number of halogens is 2. The van der Waals surface area contributed by atoms with Crippen LogP contribution < -0.4 is 4.74 Å². The number of rotatable bonds is 4. The molecule has 17 heavy (non-hydrogen) atoms. The van der Waals surface area contributed by atoms with Crippen molar-refractivity contribution < 1.29 is 28.3 Å². The van der Waals surface area contributed by atoms with E-state index >= 15 is 0 Å². The zero-order chi connectivity index (χ0) is 13.2. The first-order valence-electron chi connectivity index (χ1n) is 4.12. The summed E-state index contributed by atoms with van der Waals surface area (Å²) in [4.78, 5) is 23.3. The second-order valence-electron chi connectivity index (χ2n) is 2.81. The van der Waals surface area contributed by atoms with E-state index in [-0.39, 0.29) is 0 Å². The molecule has 9 heteroatoms. The number of carbonyl (C=O) groups is 1. The first-order valence-corrected chi connectivity index (χ1v) is 4.12. The van der Waals surface area contributed by atoms with Gasteiger partial charge in [0.25, 0.3) is 6.43 Å². The molecule has 1 aromatic rings. The zero-order valence-electron chi connectivity index (χ0n) is 8.39. The molecule has 1 aromatic heterocycles. The average Bonchev–Trinajstić information content (AvgIpc) is 2.26. The summed E-state index contributed by atoms with van der Waals surface area (Å²) in [6.07, 6.45) is -2.52. The predicted octanol–water partition coefficient (Wildman–Crippen LogP) is 1.63. The fraction of sp³-hybridized carbons (Fsp3) is 0.250. The molecule has 0 saturated carbocycles. The van der Waals surface area contributed by atoms with Gasteiger partial charge in [0.1, 0.15) is 5.56 Å². The molecule has 0 aliphatic heterocycles. The van der Waals surface area contributed by atoms with Crippen molar-refractivity contribution in [1.82, 2.24) is 4.98 Å². The van der Waals surface area contributed by atoms with E-state index < -0.39 is 40.0 Å². The van der Waals surface area contributed by atoms with Crippen LogP contribution in [0.2, 0.25) is 0 Å². The molecule has 0 aromatic carbocycles. The van der Waals surface area contributed by atoms with Gasteiger partial charge in [0, 0.05) is 0 Å². The van der Waals surface area contributed by atoms with Crippen LogP contribution in [0.4, 0.5) is 14.6 Å². The fourth-order valence-electron chi connectivity index (χ4n) is 1.21. The summed E-state index contributed by atoms with van der Waals surface area (Å²) >= 11 is 0. The van der Waals surface area contributed by atoms with Crippen LogP contribution in [0, 0.1) is 10.1 Å². The van der Waals surface area contributed by atoms with Crippen LogP contribution in [-0.4, -0.2) is 28.1 Å². The Kier molecular flexibility index (Phi) is 3.51. The smallest absolute Gasteiger partial charge is 0.382 e. The van der Waals surface area contributed by atoms with Gasteiger partial charge in [-0.15, -0.1) is 0 Å². The maximum Gasteiger partial charge on any atom is 0.382 e. The summed E-state index contributed by atoms with van der Waals surface area (Å²) in [6, 6.07) is 0. The standard InChI is InChI=1S/C8H6F2N2O5/c1-17-5-3(6(9)10)2-11-7(12(15)16)4(5)8(13)14/h2,6H,1H3,(H,13,14). The lowest BCUT2D eigenvalue weighted by molar-refractivity contribution is -0.390. The van der Waals surface area contributed by atoms with Gasteiger partial charge in [-0.3, -0.25) is 0 Å². The van der Waals surface area contributed by atoms with Gasteiger partial charge in [0.15, 0.2) is 17.5 Å². The molecule has 1 heterocycles. The number of nitrogens with zero attached hydrogens (tertiary/aromatic N) is 2. The SMILES string of the molecule is COc1c(C(F)F)cnc([N+](=O)[O-])c1C(=O)O. The lowest BCUT2D eigenvalue weighted by Gasteiger charge is -2.08. The molecule has 7 nitrogen and oxygen atoms in total. The molecular formula is C8H6F2N2O5. The van der Waals surface area contributed by atoms with E-state index in [4.69, 9.17) is 5.11 Å². The minimum absolute atomic E-state index is 0.522. The number of alkyl halides is 2. The van der Waals surface area contributed by atoms with Gasteiger partial charge in [0.05, 0.1) is 7.11 Å². The van der Waals surface area contributed by atoms with Crippen molar-refractivity contribution in [2.75, 3.05) is 7.11 Å². The number of aromatic carboxylic acids is 1. The summed E-state index contributed by atoms with van der Waals surface area (Å²) < 4.78 is 29.5. The third-order valence-electron chi connectivity index (χ3n) is 1.86. The molecule has 0 fully saturated rings. The summed E-state index contributed by atoms with van der Waals surface area (Å²) in [5.74, 6) is -3.56. The van der Waals surface area contributed by atoms with Crippen LogP contribution in [-0.2, 0) is 0 Å². The van der Waals surface area contributed by atoms with Crippen molar-refractivity contribution in [2.24, 2.45) is 0 Å². The van der Waals surface area contributed by atoms with E-state index in [9.17, 15) is 23.7 Å². The number of pyridine rings is 1. The molecule has 0 spiro atoms. The van der Waals surface area contributed by atoms with E-state index in [0.29, 0.717) is 6.20 Å². The number of methoxy groups -OCH3 is 1. The molecule has 0 aliphatic rings. The van der Waals surface area contributed by atoms with Crippen LogP contribution in [0.5, 0.6) is 5.75 Å². The van der Waals surface area contributed by atoms with Crippen molar-refractivity contribution in [3.05, 3.63) is 27.4 Å². The molecule has 0 aliphatic carbocycles. The largest absolute Gasteiger partial charge is 0.495 e. The quantitative estimate of drug-likeness (QED) is 0.641. The normalized spacial score (nSPS) is 10.4. The Labute approximate surface area is 92.8 Å². The van der Waals surface area contributed by atoms with Crippen LogP contribution >= 0.6 is 0 Å². The Hall–Kier alpha value is -2.32. The Balaban J connectivity index is 3.61. The van der Waals surface area contributed by atoms with Crippen LogP contribution in [0.3, 0.4) is 0 Å². The van der Waals surface area contributed by atoms with Crippen molar-refractivity contribution in [3.8, 4) is 5.75 Å². The Bertz CT molecular complexity index is 477. The van der Waals surface area contributed by atoms with Gasteiger partial charge in [-0.2, -0.15) is 0 Å². The van der Waals surface area contributed by atoms with E-state index in [1.807, 2.05) is 0 Å². The van der Waals surface area contributed by atoms with Gasteiger partial charge in [-0.25, -0.2) is 13.6 Å². The van der Waals surface area contributed by atoms with Gasteiger partial charge < -0.3 is 20.0 Å². The third kappa shape index (κ3) is 2.27. The van der Waals surface area contributed by atoms with Gasteiger partial charge in [0.2, 0.25) is 0 Å². The first-order chi connectivity index (χ1) is 7.90. The molecule has 92 valence electrons. The van der Waals surface area contributed by atoms with Crippen LogP contribution in [0.15, 0.2) is 6.20 Å². The van der Waals surface area contributed by atoms with E-state index in [1.165, 1.54) is 0 Å². The molecule has 0 amide bonds. The van der Waals surface area contributed by atoms with Crippen molar-refractivity contribution in [2.45, 2.75) is 6.43 Å². The highest BCUT2D eigenvalue weighted by molar-refractivity contribution is 5.95. The number of aromatic nitrogens is 1. The van der Waals surface area contributed by atoms with Crippen molar-refractivity contribution in [1.29, 1.82) is 0 Å². The Morgan fingerprint density at radius 2 is 2.24 bits per heavy atom. The lowest BCUT2D eigenvalue weighted by atomic mass is 10.1. The molecule has 0 unspecified atom stereocenters. The first kappa shape index (κ1) is 12.7. The minimum atomic E-state index is -3.05. The minimum Gasteiger partial charge on any atom is -0.495 e. The zero-order valence-corrected chi connectivity index (χ0v) is 8.39. The summed E-state index contributed by atoms with van der Waals surface area (Å²) in [5, 5.41) is 19.3. The summed E-state index contributed by atoms with van der Waals surface area (Å²) in [7, 11) is 0.942. The van der Waals surface area contributed by atoms with E-state index in [1.54, 1.807) is 0 Å². The highest BCUT2D eigenvalue weighted by Gasteiger charge is 2.32. The Morgan fingerprint density at radius 3 is 2.59 bits per heavy atom. The number of carboxylic acid groups (broad SMARTS) is 1. The highest BCUT2D eigenvalue weighted by Crippen LogP contribution is 2.35. The molecule has 0 bridgehead atoms. The highest BCUT2D eigenvalue weighted by atomic mass is 19.3. The van der Waals surface area contributed by atoms with Crippen molar-refractivity contribution in [3.63, 3.8) is 0 Å². The molecule has 0 atom stereocenters. The average molecular weight is 248 g/mol. The monoisotopic (exact) mass is 248 g/mol. The van der Waals surface area contributed by atoms with Crippen molar-refractivity contribution >= 4 is 11.8 Å². The number of ether oxygens (including phenoxy) is 1. The molecule has 0 radical (unpaired) electrons. The van der Waals surface area contributed by atoms with E-state index in [0.717, 1.165) is 7.11 Å². The molecule has 1 rings (SSSR count). The maximum absolute atomic E-state index is 12.5. The van der Waals surface area contributed by atoms with Gasteiger partial charge in [-0.05, 0) is 9.91 Å². The fourth-order valence-corrected chi connectivity index (χ4v) is 1.21. The van der Waals surface area contributed by atoms with Gasteiger partial charge >= 0.3 is 11.8 Å². The molecule has 0 saturated heterocycles. The second kappa shape index (κ2) is 4.68. The Morgan fingerprint density at radius 1 is 1.65 bits per heavy atom. The number of hydrogen-bond acceptors (Lipinski definition) is 5. The molecular weight excluding hydrogens is 242 g/mol. The van der Waals surface area contributed by atoms with Crippen LogP contribution in [0.1, 0.15) is 22.3 Å². The predicted molar refractivity (Wildman–Crippen MR) is 49.4 cm³/mol. The maximum atomic E-state index is 12.5. The van der Waals surface area contributed by atoms with Crippen LogP contribution in [0.25, 0.3) is 0 Å². The number of carboxylic acids is 1. The second-order valence-corrected chi connectivity index (χ2v) is 2.81. The topological polar surface area (TPSA) is 103 Å². The lowest BCUT2D eigenvalue weighted by Crippen LogP contribution is -2.09.